The Morgan fingerprint density at radius 1 is 1.12 bits per heavy atom. The number of hydrogen-bond donors (Lipinski definition) is 2. The molecule has 0 aromatic heterocycles. The predicted octanol–water partition coefficient (Wildman–Crippen LogP) is 2.90. The maximum absolute atomic E-state index is 12.0. The second kappa shape index (κ2) is 6.23. The van der Waals surface area contributed by atoms with Crippen molar-refractivity contribution in [1.82, 2.24) is 0 Å². The Bertz CT molecular complexity index is 799. The highest BCUT2D eigenvalue weighted by atomic mass is 16.5. The first-order chi connectivity index (χ1) is 11.5. The molecule has 0 bridgehead atoms. The van der Waals surface area contributed by atoms with Crippen molar-refractivity contribution in [1.29, 1.82) is 0 Å². The van der Waals surface area contributed by atoms with E-state index in [1.807, 2.05) is 24.3 Å². The lowest BCUT2D eigenvalue weighted by Crippen LogP contribution is -2.36. The lowest BCUT2D eigenvalue weighted by atomic mass is 9.97. The van der Waals surface area contributed by atoms with Crippen molar-refractivity contribution in [3.63, 3.8) is 0 Å². The highest BCUT2D eigenvalue weighted by Gasteiger charge is 2.26. The average molecular weight is 326 g/mol. The summed E-state index contributed by atoms with van der Waals surface area (Å²) in [7, 11) is 2.93. The number of ether oxygens (including phenoxy) is 2. The van der Waals surface area contributed by atoms with E-state index in [0.717, 1.165) is 22.6 Å². The summed E-state index contributed by atoms with van der Waals surface area (Å²) in [5, 5.41) is 6.02. The van der Waals surface area contributed by atoms with Crippen LogP contribution in [0.15, 0.2) is 36.4 Å². The highest BCUT2D eigenvalue weighted by Crippen LogP contribution is 2.39. The minimum Gasteiger partial charge on any atom is -0.497 e. The zero-order valence-corrected chi connectivity index (χ0v) is 13.7. The van der Waals surface area contributed by atoms with Crippen molar-refractivity contribution in [2.24, 2.45) is 0 Å². The van der Waals surface area contributed by atoms with Crippen molar-refractivity contribution in [2.45, 2.75) is 13.0 Å². The molecule has 1 aliphatic rings. The van der Waals surface area contributed by atoms with E-state index in [-0.39, 0.29) is 11.9 Å². The molecule has 2 aromatic rings. The molecule has 6 nitrogen and oxygen atoms in total. The molecular formula is C18H18N2O4. The molecule has 1 amide bonds. The fourth-order valence-corrected chi connectivity index (χ4v) is 2.65. The predicted molar refractivity (Wildman–Crippen MR) is 91.5 cm³/mol. The number of benzene rings is 2. The Morgan fingerprint density at radius 2 is 1.83 bits per heavy atom. The molecule has 1 aliphatic heterocycles. The summed E-state index contributed by atoms with van der Waals surface area (Å²) in [6, 6.07) is 10.5. The topological polar surface area (TPSA) is 76.7 Å². The number of rotatable bonds is 3. The van der Waals surface area contributed by atoms with Crippen LogP contribution in [0.25, 0.3) is 11.1 Å². The van der Waals surface area contributed by atoms with E-state index in [4.69, 9.17) is 9.47 Å². The Labute approximate surface area is 139 Å². The number of amides is 1. The van der Waals surface area contributed by atoms with Crippen LogP contribution in [-0.4, -0.2) is 32.1 Å². The Balaban J connectivity index is 2.16. The fourth-order valence-electron chi connectivity index (χ4n) is 2.65. The summed E-state index contributed by atoms with van der Waals surface area (Å²) in [6.45, 7) is 1.78. The smallest absolute Gasteiger partial charge is 0.337 e. The van der Waals surface area contributed by atoms with Crippen LogP contribution in [0.1, 0.15) is 17.3 Å². The monoisotopic (exact) mass is 326 g/mol. The standard InChI is InChI=1S/C18H18N2O4/c1-10-17(21)20-15-9-12(18(22)24-3)8-14(16(15)19-10)11-4-6-13(23-2)7-5-11/h4-10,19H,1-3H3,(H,20,21). The molecule has 6 heteroatoms. The van der Waals surface area contributed by atoms with Gasteiger partial charge in [-0.25, -0.2) is 4.79 Å². The summed E-state index contributed by atoms with van der Waals surface area (Å²) >= 11 is 0. The van der Waals surface area contributed by atoms with Gasteiger partial charge in [0.05, 0.1) is 31.2 Å². The van der Waals surface area contributed by atoms with Gasteiger partial charge in [0, 0.05) is 5.56 Å². The molecule has 0 spiro atoms. The van der Waals surface area contributed by atoms with Gasteiger partial charge in [-0.2, -0.15) is 0 Å². The SMILES string of the molecule is COC(=O)c1cc2c(c(-c3ccc(OC)cc3)c1)NC(C)C(=O)N2. The second-order valence-corrected chi connectivity index (χ2v) is 5.52. The summed E-state index contributed by atoms with van der Waals surface area (Å²) in [5.41, 5.74) is 3.42. The van der Waals surface area contributed by atoms with Gasteiger partial charge in [0.1, 0.15) is 11.8 Å². The fraction of sp³-hybridized carbons (Fsp3) is 0.222. The maximum atomic E-state index is 12.0. The van der Waals surface area contributed by atoms with E-state index < -0.39 is 5.97 Å². The molecule has 0 aliphatic carbocycles. The number of carbonyl (C=O) groups excluding carboxylic acids is 2. The number of methoxy groups -OCH3 is 2. The van der Waals surface area contributed by atoms with Crippen molar-refractivity contribution >= 4 is 23.3 Å². The van der Waals surface area contributed by atoms with Gasteiger partial charge in [-0.15, -0.1) is 0 Å². The van der Waals surface area contributed by atoms with Crippen molar-refractivity contribution in [3.8, 4) is 16.9 Å². The molecule has 1 unspecified atom stereocenters. The molecular weight excluding hydrogens is 308 g/mol. The summed E-state index contributed by atoms with van der Waals surface area (Å²) in [5.74, 6) is 0.136. The summed E-state index contributed by atoms with van der Waals surface area (Å²) in [4.78, 5) is 23.9. The van der Waals surface area contributed by atoms with E-state index in [0.29, 0.717) is 11.3 Å². The molecule has 1 heterocycles. The van der Waals surface area contributed by atoms with Crippen LogP contribution < -0.4 is 15.4 Å². The number of esters is 1. The van der Waals surface area contributed by atoms with Crippen LogP contribution in [0.4, 0.5) is 11.4 Å². The average Bonchev–Trinajstić information content (AvgIpc) is 2.61. The minimum absolute atomic E-state index is 0.148. The van der Waals surface area contributed by atoms with E-state index in [1.165, 1.54) is 7.11 Å². The van der Waals surface area contributed by atoms with Gasteiger partial charge in [0.15, 0.2) is 0 Å². The molecule has 0 radical (unpaired) electrons. The molecule has 24 heavy (non-hydrogen) atoms. The summed E-state index contributed by atoms with van der Waals surface area (Å²) < 4.78 is 9.99. The zero-order valence-electron chi connectivity index (χ0n) is 13.7. The van der Waals surface area contributed by atoms with Gasteiger partial charge >= 0.3 is 5.97 Å². The molecule has 3 rings (SSSR count). The Morgan fingerprint density at radius 3 is 2.46 bits per heavy atom. The molecule has 0 fully saturated rings. The van der Waals surface area contributed by atoms with Gasteiger partial charge in [-0.05, 0) is 36.8 Å². The number of carbonyl (C=O) groups is 2. The highest BCUT2D eigenvalue weighted by molar-refractivity contribution is 6.08. The lowest BCUT2D eigenvalue weighted by molar-refractivity contribution is -0.116. The molecule has 2 aromatic carbocycles. The maximum Gasteiger partial charge on any atom is 0.337 e. The first kappa shape index (κ1) is 15.9. The van der Waals surface area contributed by atoms with Crippen molar-refractivity contribution in [2.75, 3.05) is 24.9 Å². The van der Waals surface area contributed by atoms with Gasteiger partial charge in [0.25, 0.3) is 0 Å². The number of nitrogens with one attached hydrogen (secondary N) is 2. The van der Waals surface area contributed by atoms with Crippen LogP contribution in [0, 0.1) is 0 Å². The van der Waals surface area contributed by atoms with E-state index >= 15 is 0 Å². The second-order valence-electron chi connectivity index (χ2n) is 5.52. The molecule has 124 valence electrons. The van der Waals surface area contributed by atoms with E-state index in [1.54, 1.807) is 26.2 Å². The number of fused-ring (bicyclic) bond motifs is 1. The van der Waals surface area contributed by atoms with Crippen LogP contribution >= 0.6 is 0 Å². The largest absolute Gasteiger partial charge is 0.497 e. The third-order valence-electron chi connectivity index (χ3n) is 3.97. The number of hydrogen-bond acceptors (Lipinski definition) is 5. The third kappa shape index (κ3) is 2.78. The van der Waals surface area contributed by atoms with Gasteiger partial charge in [-0.1, -0.05) is 12.1 Å². The van der Waals surface area contributed by atoms with Crippen LogP contribution in [0.3, 0.4) is 0 Å². The van der Waals surface area contributed by atoms with E-state index in [9.17, 15) is 9.59 Å². The third-order valence-corrected chi connectivity index (χ3v) is 3.97. The molecule has 0 saturated carbocycles. The normalized spacial score (nSPS) is 15.8. The first-order valence-electron chi connectivity index (χ1n) is 7.51. The van der Waals surface area contributed by atoms with Crippen LogP contribution in [0.2, 0.25) is 0 Å². The van der Waals surface area contributed by atoms with Crippen LogP contribution in [-0.2, 0) is 9.53 Å². The number of anilines is 2. The van der Waals surface area contributed by atoms with Crippen molar-refractivity contribution in [3.05, 3.63) is 42.0 Å². The van der Waals surface area contributed by atoms with E-state index in [2.05, 4.69) is 10.6 Å². The van der Waals surface area contributed by atoms with Gasteiger partial charge in [-0.3, -0.25) is 4.79 Å². The molecule has 2 N–H and O–H groups in total. The van der Waals surface area contributed by atoms with Crippen molar-refractivity contribution < 1.29 is 19.1 Å². The quantitative estimate of drug-likeness (QED) is 0.848. The van der Waals surface area contributed by atoms with Crippen LogP contribution in [0.5, 0.6) is 5.75 Å². The Hall–Kier alpha value is -3.02. The lowest BCUT2D eigenvalue weighted by Gasteiger charge is -2.27. The summed E-state index contributed by atoms with van der Waals surface area (Å²) in [6.07, 6.45) is 0. The molecule has 1 atom stereocenters. The van der Waals surface area contributed by atoms with Gasteiger partial charge < -0.3 is 20.1 Å². The van der Waals surface area contributed by atoms with Gasteiger partial charge in [0.2, 0.25) is 5.91 Å². The minimum atomic E-state index is -0.458. The Kier molecular flexibility index (Phi) is 4.12. The zero-order chi connectivity index (χ0) is 17.3. The molecule has 0 saturated heterocycles. The first-order valence-corrected chi connectivity index (χ1v) is 7.51.